The first-order valence-corrected chi connectivity index (χ1v) is 11.1. The molecular weight excluding hydrogens is 474 g/mol. The molecule has 0 unspecified atom stereocenters. The van der Waals surface area contributed by atoms with Gasteiger partial charge in [-0.25, -0.2) is 8.42 Å². The maximum atomic E-state index is 12.9. The summed E-state index contributed by atoms with van der Waals surface area (Å²) in [5.41, 5.74) is -0.228. The fourth-order valence-electron chi connectivity index (χ4n) is 2.86. The highest BCUT2D eigenvalue weighted by atomic mass is 35.5. The van der Waals surface area contributed by atoms with Crippen molar-refractivity contribution < 1.29 is 27.6 Å². The average molecular weight is 492 g/mol. The first-order chi connectivity index (χ1) is 15.7. The second kappa shape index (κ2) is 9.76. The van der Waals surface area contributed by atoms with E-state index in [2.05, 4.69) is 10.0 Å². The monoisotopic (exact) mass is 491 g/mol. The minimum atomic E-state index is -4.27. The Kier molecular flexibility index (Phi) is 7.04. The van der Waals surface area contributed by atoms with Crippen molar-refractivity contribution in [1.29, 1.82) is 0 Å². The number of methoxy groups -OCH3 is 2. The van der Waals surface area contributed by atoms with Crippen molar-refractivity contribution in [3.05, 3.63) is 81.4 Å². The molecule has 3 aromatic carbocycles. The Bertz CT molecular complexity index is 1330. The van der Waals surface area contributed by atoms with Gasteiger partial charge < -0.3 is 14.8 Å². The number of hydrogen-bond donors (Lipinski definition) is 2. The summed E-state index contributed by atoms with van der Waals surface area (Å²) in [5, 5.41) is 13.6. The smallest absolute Gasteiger partial charge is 0.289 e. The Morgan fingerprint density at radius 1 is 1.00 bits per heavy atom. The SMILES string of the molecule is COc1ccc(NC(=O)c2ccccc2NS(=O)(=O)c2ccc(Cl)c([N+](=O)[O-])c2)c(OC)c1. The lowest BCUT2D eigenvalue weighted by Gasteiger charge is -2.15. The number of carbonyl (C=O) groups excluding carboxylic acids is 1. The lowest BCUT2D eigenvalue weighted by atomic mass is 10.1. The summed E-state index contributed by atoms with van der Waals surface area (Å²) in [6.45, 7) is 0. The number of halogens is 1. The van der Waals surface area contributed by atoms with Gasteiger partial charge in [0, 0.05) is 12.1 Å². The molecule has 0 aliphatic rings. The first kappa shape index (κ1) is 23.8. The van der Waals surface area contributed by atoms with Crippen LogP contribution >= 0.6 is 11.6 Å². The molecule has 2 N–H and O–H groups in total. The van der Waals surface area contributed by atoms with Gasteiger partial charge in [-0.15, -0.1) is 0 Å². The van der Waals surface area contributed by atoms with Crippen LogP contribution in [0.25, 0.3) is 0 Å². The molecule has 0 spiro atoms. The summed E-state index contributed by atoms with van der Waals surface area (Å²) < 4.78 is 38.4. The Hall–Kier alpha value is -3.83. The van der Waals surface area contributed by atoms with Crippen molar-refractivity contribution in [3.63, 3.8) is 0 Å². The number of nitro groups is 1. The third-order valence-corrected chi connectivity index (χ3v) is 6.18. The Labute approximate surface area is 194 Å². The van der Waals surface area contributed by atoms with Gasteiger partial charge in [-0.3, -0.25) is 19.6 Å². The van der Waals surface area contributed by atoms with Crippen molar-refractivity contribution in [2.45, 2.75) is 4.90 Å². The molecule has 0 radical (unpaired) electrons. The number of anilines is 2. The molecule has 172 valence electrons. The van der Waals surface area contributed by atoms with Gasteiger partial charge >= 0.3 is 0 Å². The van der Waals surface area contributed by atoms with Gasteiger partial charge in [0.1, 0.15) is 16.5 Å². The molecule has 0 aliphatic carbocycles. The van der Waals surface area contributed by atoms with E-state index < -0.39 is 26.5 Å². The van der Waals surface area contributed by atoms with E-state index >= 15 is 0 Å². The zero-order valence-corrected chi connectivity index (χ0v) is 18.9. The maximum absolute atomic E-state index is 12.9. The molecule has 1 amide bonds. The van der Waals surface area contributed by atoms with Gasteiger partial charge in [0.15, 0.2) is 0 Å². The van der Waals surface area contributed by atoms with Crippen LogP contribution in [0.1, 0.15) is 10.4 Å². The van der Waals surface area contributed by atoms with Gasteiger partial charge in [0.25, 0.3) is 21.6 Å². The third kappa shape index (κ3) is 5.33. The second-order valence-electron chi connectivity index (χ2n) is 6.54. The van der Waals surface area contributed by atoms with E-state index in [1.54, 1.807) is 24.3 Å². The quantitative estimate of drug-likeness (QED) is 0.353. The van der Waals surface area contributed by atoms with Crippen LogP contribution < -0.4 is 19.5 Å². The second-order valence-corrected chi connectivity index (χ2v) is 8.63. The predicted molar refractivity (Wildman–Crippen MR) is 123 cm³/mol. The number of nitro benzene ring substituents is 1. The highest BCUT2D eigenvalue weighted by Crippen LogP contribution is 2.31. The van der Waals surface area contributed by atoms with Crippen LogP contribution in [0.5, 0.6) is 11.5 Å². The Morgan fingerprint density at radius 3 is 2.39 bits per heavy atom. The van der Waals surface area contributed by atoms with Crippen LogP contribution in [0.3, 0.4) is 0 Å². The van der Waals surface area contributed by atoms with E-state index in [0.29, 0.717) is 17.2 Å². The van der Waals surface area contributed by atoms with Gasteiger partial charge in [0.2, 0.25) is 0 Å². The van der Waals surface area contributed by atoms with E-state index in [0.717, 1.165) is 18.2 Å². The van der Waals surface area contributed by atoms with E-state index in [9.17, 15) is 23.3 Å². The molecule has 10 nitrogen and oxygen atoms in total. The van der Waals surface area contributed by atoms with Crippen molar-refractivity contribution in [3.8, 4) is 11.5 Å². The minimum absolute atomic E-state index is 0.0161. The average Bonchev–Trinajstić information content (AvgIpc) is 2.79. The Morgan fingerprint density at radius 2 is 1.73 bits per heavy atom. The number of sulfonamides is 1. The third-order valence-electron chi connectivity index (χ3n) is 4.50. The van der Waals surface area contributed by atoms with Gasteiger partial charge in [-0.1, -0.05) is 23.7 Å². The molecule has 12 heteroatoms. The van der Waals surface area contributed by atoms with Crippen molar-refractivity contribution in [2.75, 3.05) is 24.3 Å². The van der Waals surface area contributed by atoms with Crippen molar-refractivity contribution in [1.82, 2.24) is 0 Å². The van der Waals surface area contributed by atoms with Gasteiger partial charge in [-0.2, -0.15) is 0 Å². The summed E-state index contributed by atoms with van der Waals surface area (Å²) in [7, 11) is -1.35. The molecule has 0 atom stereocenters. The van der Waals surface area contributed by atoms with E-state index in [1.807, 2.05) is 0 Å². The first-order valence-electron chi connectivity index (χ1n) is 9.25. The van der Waals surface area contributed by atoms with Crippen LogP contribution in [0.2, 0.25) is 5.02 Å². The molecule has 0 saturated heterocycles. The fourth-order valence-corrected chi connectivity index (χ4v) is 4.15. The van der Waals surface area contributed by atoms with E-state index in [4.69, 9.17) is 21.1 Å². The summed E-state index contributed by atoms with van der Waals surface area (Å²) in [6.07, 6.45) is 0. The highest BCUT2D eigenvalue weighted by Gasteiger charge is 2.23. The molecule has 0 fully saturated rings. The molecular formula is C21H18ClN3O7S. The number of carbonyl (C=O) groups is 1. The van der Waals surface area contributed by atoms with Crippen LogP contribution in [0.15, 0.2) is 65.6 Å². The summed E-state index contributed by atoms with van der Waals surface area (Å²) in [4.78, 5) is 22.9. The zero-order valence-electron chi connectivity index (χ0n) is 17.4. The molecule has 3 rings (SSSR count). The number of ether oxygens (including phenoxy) is 2. The number of para-hydroxylation sites is 1. The van der Waals surface area contributed by atoms with Crippen LogP contribution in [0, 0.1) is 10.1 Å². The lowest BCUT2D eigenvalue weighted by molar-refractivity contribution is -0.384. The molecule has 3 aromatic rings. The summed E-state index contributed by atoms with van der Waals surface area (Å²) in [5.74, 6) is 0.253. The molecule has 33 heavy (non-hydrogen) atoms. The zero-order chi connectivity index (χ0) is 24.2. The molecule has 0 saturated carbocycles. The lowest BCUT2D eigenvalue weighted by Crippen LogP contribution is -2.19. The topological polar surface area (TPSA) is 137 Å². The fraction of sp³-hybridized carbons (Fsp3) is 0.0952. The van der Waals surface area contributed by atoms with Crippen LogP contribution in [-0.2, 0) is 10.0 Å². The molecule has 0 aliphatic heterocycles. The summed E-state index contributed by atoms with van der Waals surface area (Å²) >= 11 is 5.76. The largest absolute Gasteiger partial charge is 0.497 e. The van der Waals surface area contributed by atoms with E-state index in [-0.39, 0.29) is 21.2 Å². The number of nitrogens with one attached hydrogen (secondary N) is 2. The highest BCUT2D eigenvalue weighted by molar-refractivity contribution is 7.92. The Balaban J connectivity index is 1.92. The number of amides is 1. The maximum Gasteiger partial charge on any atom is 0.289 e. The van der Waals surface area contributed by atoms with Crippen molar-refractivity contribution in [2.24, 2.45) is 0 Å². The minimum Gasteiger partial charge on any atom is -0.497 e. The number of nitrogens with zero attached hydrogens (tertiary/aromatic N) is 1. The molecule has 0 bridgehead atoms. The van der Waals surface area contributed by atoms with Crippen LogP contribution in [0.4, 0.5) is 17.1 Å². The number of hydrogen-bond acceptors (Lipinski definition) is 7. The summed E-state index contributed by atoms with van der Waals surface area (Å²) in [6, 6.07) is 13.8. The van der Waals surface area contributed by atoms with E-state index in [1.165, 1.54) is 32.4 Å². The van der Waals surface area contributed by atoms with Crippen molar-refractivity contribution >= 4 is 44.6 Å². The van der Waals surface area contributed by atoms with Gasteiger partial charge in [0.05, 0.1) is 41.0 Å². The molecule has 0 aromatic heterocycles. The molecule has 0 heterocycles. The van der Waals surface area contributed by atoms with Gasteiger partial charge in [-0.05, 0) is 36.4 Å². The number of benzene rings is 3. The normalized spacial score (nSPS) is 10.9. The number of rotatable bonds is 8. The standard InChI is InChI=1S/C21H18ClN3O7S/c1-31-13-7-10-18(20(11-13)32-2)23-21(26)15-5-3-4-6-17(15)24-33(29,30)14-8-9-16(22)19(12-14)25(27)28/h3-12,24H,1-2H3,(H,23,26). The van der Waals surface area contributed by atoms with Crippen LogP contribution in [-0.4, -0.2) is 33.5 Å². The predicted octanol–water partition coefficient (Wildman–Crippen LogP) is 4.32.